The molecular formula is C36H38N4O8. The van der Waals surface area contributed by atoms with Gasteiger partial charge in [0.15, 0.2) is 23.5 Å². The van der Waals surface area contributed by atoms with Crippen LogP contribution < -0.4 is 15.4 Å². The number of nitrogens with one attached hydrogen (secondary N) is 2. The minimum absolute atomic E-state index is 0.0807. The van der Waals surface area contributed by atoms with E-state index in [1.165, 1.54) is 13.2 Å². The Hall–Kier alpha value is -4.97. The third-order valence-corrected chi connectivity index (χ3v) is 9.42. The van der Waals surface area contributed by atoms with Crippen molar-refractivity contribution in [1.29, 1.82) is 0 Å². The predicted octanol–water partition coefficient (Wildman–Crippen LogP) is 4.83. The molecule has 12 heteroatoms. The Morgan fingerprint density at radius 1 is 1.08 bits per heavy atom. The number of hydrogen-bond donors (Lipinski definition) is 3. The lowest BCUT2D eigenvalue weighted by molar-refractivity contribution is -0.142. The van der Waals surface area contributed by atoms with Crippen LogP contribution in [-0.2, 0) is 37.6 Å². The van der Waals surface area contributed by atoms with Gasteiger partial charge in [0.1, 0.15) is 41.9 Å². The molecule has 0 aliphatic carbocycles. The standard InChI is InChI=1S/C36H38N4O8/c1-17(2)28-34-40-29(33-37-22(16-46-33)15-45-19(5)41)31(48-34)36-23-8-6-7-9-25(23)38-35(36)47-27-11-10-20(13-24(27)36)12-21(32(44)39-28)14-26(42)30(43)18(3)4/h6-11,13,16-18,21,28,30,35,38,43H,12,14-15H2,1-5H3,(H,39,44)/t21?,28-,30-,35?,36-/m0/s1. The summed E-state index contributed by atoms with van der Waals surface area (Å²) < 4.78 is 24.5. The van der Waals surface area contributed by atoms with Crippen LogP contribution in [0.2, 0.25) is 0 Å². The van der Waals surface area contributed by atoms with Gasteiger partial charge in [-0.25, -0.2) is 9.97 Å². The highest BCUT2D eigenvalue weighted by molar-refractivity contribution is 5.89. The number of anilines is 1. The second kappa shape index (κ2) is 11.9. The monoisotopic (exact) mass is 654 g/mol. The normalized spacial score (nSPS) is 22.9. The molecule has 5 atom stereocenters. The first kappa shape index (κ1) is 31.6. The van der Waals surface area contributed by atoms with Crippen molar-refractivity contribution in [2.45, 2.75) is 77.9 Å². The summed E-state index contributed by atoms with van der Waals surface area (Å²) in [5, 5.41) is 17.2. The van der Waals surface area contributed by atoms with E-state index >= 15 is 0 Å². The Bertz CT molecular complexity index is 1910. The van der Waals surface area contributed by atoms with Crippen molar-refractivity contribution in [3.05, 3.63) is 82.8 Å². The van der Waals surface area contributed by atoms with Crippen molar-refractivity contribution < 1.29 is 37.8 Å². The van der Waals surface area contributed by atoms with Crippen molar-refractivity contribution in [3.8, 4) is 17.3 Å². The van der Waals surface area contributed by atoms with Gasteiger partial charge in [0, 0.05) is 30.5 Å². The SMILES string of the molecule is CC(=O)OCc1coc(-c2nc3oc2[C@@]24c5ccccc5NC2Oc2ccc(cc24)CC(CC(=O)[C@@H](O)C(C)C)C(=O)N[C@H]3C(C)C)n1. The minimum Gasteiger partial charge on any atom is -0.469 e. The third kappa shape index (κ3) is 5.15. The van der Waals surface area contributed by atoms with Gasteiger partial charge in [-0.15, -0.1) is 0 Å². The van der Waals surface area contributed by atoms with E-state index in [1.54, 1.807) is 13.8 Å². The fourth-order valence-corrected chi connectivity index (χ4v) is 6.96. The van der Waals surface area contributed by atoms with Crippen molar-refractivity contribution >= 4 is 23.3 Å². The first-order chi connectivity index (χ1) is 23.0. The van der Waals surface area contributed by atoms with Gasteiger partial charge in [0.2, 0.25) is 17.7 Å². The lowest BCUT2D eigenvalue weighted by Crippen LogP contribution is -2.41. The van der Waals surface area contributed by atoms with E-state index in [2.05, 4.69) is 15.6 Å². The summed E-state index contributed by atoms with van der Waals surface area (Å²) in [7, 11) is 0. The number of amides is 1. The highest BCUT2D eigenvalue weighted by atomic mass is 16.5. The number of fused-ring (bicyclic) bond motifs is 4. The van der Waals surface area contributed by atoms with Crippen LogP contribution in [0.1, 0.15) is 81.1 Å². The molecule has 4 bridgehead atoms. The number of esters is 1. The number of aromatic nitrogens is 2. The third-order valence-electron chi connectivity index (χ3n) is 9.42. The van der Waals surface area contributed by atoms with Crippen LogP contribution in [0, 0.1) is 17.8 Å². The number of ketones is 1. The fourth-order valence-electron chi connectivity index (χ4n) is 6.96. The van der Waals surface area contributed by atoms with Gasteiger partial charge in [-0.2, -0.15) is 0 Å². The van der Waals surface area contributed by atoms with Gasteiger partial charge < -0.3 is 34.0 Å². The topological polar surface area (TPSA) is 166 Å². The van der Waals surface area contributed by atoms with Crippen LogP contribution >= 0.6 is 0 Å². The number of para-hydroxylation sites is 1. The number of carbonyl (C=O) groups excluding carboxylic acids is 3. The van der Waals surface area contributed by atoms with Gasteiger partial charge >= 0.3 is 5.97 Å². The van der Waals surface area contributed by atoms with E-state index in [-0.39, 0.29) is 54.8 Å². The number of ether oxygens (including phenoxy) is 2. The Morgan fingerprint density at radius 2 is 1.88 bits per heavy atom. The molecule has 0 saturated carbocycles. The highest BCUT2D eigenvalue weighted by Crippen LogP contribution is 2.59. The summed E-state index contributed by atoms with van der Waals surface area (Å²) in [5.41, 5.74) is 3.03. The smallest absolute Gasteiger partial charge is 0.303 e. The van der Waals surface area contributed by atoms with Crippen molar-refractivity contribution in [1.82, 2.24) is 15.3 Å². The molecule has 3 aliphatic rings. The number of aliphatic hydroxyl groups excluding tert-OH is 1. The highest BCUT2D eigenvalue weighted by Gasteiger charge is 2.61. The van der Waals surface area contributed by atoms with Crippen LogP contribution in [0.25, 0.3) is 11.6 Å². The number of carbonyl (C=O) groups is 3. The largest absolute Gasteiger partial charge is 0.469 e. The maximum atomic E-state index is 14.0. The van der Waals surface area contributed by atoms with Gasteiger partial charge in [-0.3, -0.25) is 14.4 Å². The number of Topliss-reactive ketones (excluding diaryl/α,β-unsaturated/α-hetero) is 1. The van der Waals surface area contributed by atoms with Crippen LogP contribution in [0.5, 0.6) is 5.75 Å². The zero-order valence-electron chi connectivity index (χ0n) is 27.4. The summed E-state index contributed by atoms with van der Waals surface area (Å²) in [6, 6.07) is 13.0. The minimum atomic E-state index is -1.18. The van der Waals surface area contributed by atoms with Crippen molar-refractivity contribution in [2.24, 2.45) is 17.8 Å². The average molecular weight is 655 g/mol. The molecule has 0 radical (unpaired) electrons. The maximum Gasteiger partial charge on any atom is 0.303 e. The number of nitrogens with zero attached hydrogens (tertiary/aromatic N) is 2. The summed E-state index contributed by atoms with van der Waals surface area (Å²) in [6.07, 6.45) is -0.266. The summed E-state index contributed by atoms with van der Waals surface area (Å²) >= 11 is 0. The lowest BCUT2D eigenvalue weighted by Gasteiger charge is -2.28. The van der Waals surface area contributed by atoms with Crippen molar-refractivity contribution in [2.75, 3.05) is 5.32 Å². The van der Waals surface area contributed by atoms with E-state index in [1.807, 2.05) is 56.3 Å². The molecule has 48 heavy (non-hydrogen) atoms. The molecule has 1 spiro atoms. The number of hydrogen-bond acceptors (Lipinski definition) is 11. The molecule has 0 fully saturated rings. The Labute approximate surface area is 277 Å². The Kier molecular flexibility index (Phi) is 7.86. The molecule has 7 rings (SSSR count). The number of benzene rings is 2. The van der Waals surface area contributed by atoms with Gasteiger partial charge in [-0.1, -0.05) is 58.0 Å². The maximum absolute atomic E-state index is 14.0. The molecule has 2 aromatic heterocycles. The quantitative estimate of drug-likeness (QED) is 0.223. The van der Waals surface area contributed by atoms with Crippen LogP contribution in [0.3, 0.4) is 0 Å². The second-order valence-corrected chi connectivity index (χ2v) is 13.5. The molecular weight excluding hydrogens is 616 g/mol. The zero-order chi connectivity index (χ0) is 33.9. The van der Waals surface area contributed by atoms with Gasteiger partial charge in [0.25, 0.3) is 0 Å². The molecule has 4 aromatic rings. The molecule has 0 saturated heterocycles. The molecule has 12 nitrogen and oxygen atoms in total. The summed E-state index contributed by atoms with van der Waals surface area (Å²) in [6.45, 7) is 8.66. The number of rotatable bonds is 8. The Balaban J connectivity index is 1.45. The van der Waals surface area contributed by atoms with Crippen LogP contribution in [-0.4, -0.2) is 45.1 Å². The summed E-state index contributed by atoms with van der Waals surface area (Å²) in [5.74, 6) is -0.976. The van der Waals surface area contributed by atoms with E-state index < -0.39 is 35.7 Å². The molecule has 5 heterocycles. The second-order valence-electron chi connectivity index (χ2n) is 13.5. The molecule has 3 aliphatic heterocycles. The zero-order valence-corrected chi connectivity index (χ0v) is 27.4. The molecule has 2 aromatic carbocycles. The first-order valence-corrected chi connectivity index (χ1v) is 16.2. The van der Waals surface area contributed by atoms with E-state index in [0.717, 1.165) is 22.4 Å². The van der Waals surface area contributed by atoms with Crippen LogP contribution in [0.4, 0.5) is 5.69 Å². The average Bonchev–Trinajstić information content (AvgIpc) is 3.82. The molecule has 250 valence electrons. The number of oxazole rings is 2. The van der Waals surface area contributed by atoms with Crippen molar-refractivity contribution in [3.63, 3.8) is 0 Å². The molecule has 3 N–H and O–H groups in total. The lowest BCUT2D eigenvalue weighted by atomic mass is 9.72. The van der Waals surface area contributed by atoms with E-state index in [9.17, 15) is 19.5 Å². The molecule has 2 unspecified atom stereocenters. The first-order valence-electron chi connectivity index (χ1n) is 16.2. The molecule has 1 amide bonds. The summed E-state index contributed by atoms with van der Waals surface area (Å²) in [4.78, 5) is 48.3. The van der Waals surface area contributed by atoms with E-state index in [4.69, 9.17) is 23.3 Å². The van der Waals surface area contributed by atoms with Crippen LogP contribution in [0.15, 0.2) is 57.6 Å². The van der Waals surface area contributed by atoms with Gasteiger partial charge in [-0.05, 0) is 41.5 Å². The Morgan fingerprint density at radius 3 is 2.62 bits per heavy atom. The fraction of sp³-hybridized carbons (Fsp3) is 0.417. The number of aliphatic hydroxyl groups is 1. The predicted molar refractivity (Wildman–Crippen MR) is 172 cm³/mol. The van der Waals surface area contributed by atoms with E-state index in [0.29, 0.717) is 22.9 Å². The van der Waals surface area contributed by atoms with Gasteiger partial charge in [0.05, 0.1) is 0 Å².